The first-order valence-corrected chi connectivity index (χ1v) is 8.66. The van der Waals surface area contributed by atoms with E-state index in [1.807, 2.05) is 25.1 Å². The lowest BCUT2D eigenvalue weighted by atomic mass is 10.2. The number of nitrogens with two attached hydrogens (primary N) is 1. The molecule has 0 spiro atoms. The van der Waals surface area contributed by atoms with Crippen molar-refractivity contribution in [1.82, 2.24) is 0 Å². The monoisotopic (exact) mass is 330 g/mol. The summed E-state index contributed by atoms with van der Waals surface area (Å²) in [6.07, 6.45) is 0. The maximum Gasteiger partial charge on any atom is 0.238 e. The number of hydrogen-bond acceptors (Lipinski definition) is 4. The number of rotatable bonds is 4. The molecule has 0 saturated carbocycles. The largest absolute Gasteiger partial charge is 0.378 e. The molecule has 1 heterocycles. The van der Waals surface area contributed by atoms with Crippen LogP contribution in [0.4, 0.5) is 5.69 Å². The molecular weight excluding hydrogens is 316 g/mol. The molecule has 0 bridgehead atoms. The molecule has 0 fully saturated rings. The van der Waals surface area contributed by atoms with Gasteiger partial charge < -0.3 is 5.32 Å². The predicted octanol–water partition coefficient (Wildman–Crippen LogP) is 3.53. The molecule has 0 aliphatic rings. The molecule has 2 aromatic rings. The highest BCUT2D eigenvalue weighted by atomic mass is 35.5. The maximum absolute atomic E-state index is 11.5. The molecule has 0 radical (unpaired) electrons. The van der Waals surface area contributed by atoms with Gasteiger partial charge in [-0.2, -0.15) is 0 Å². The molecule has 4 nitrogen and oxygen atoms in total. The van der Waals surface area contributed by atoms with E-state index in [0.717, 1.165) is 9.21 Å². The Hall–Kier alpha value is -1.08. The fourth-order valence-corrected chi connectivity index (χ4v) is 3.75. The van der Waals surface area contributed by atoms with Gasteiger partial charge in [0, 0.05) is 10.6 Å². The third-order valence-electron chi connectivity index (χ3n) is 2.90. The Morgan fingerprint density at radius 1 is 1.30 bits per heavy atom. The van der Waals surface area contributed by atoms with E-state index in [-0.39, 0.29) is 10.9 Å². The summed E-state index contributed by atoms with van der Waals surface area (Å²) >= 11 is 7.40. The van der Waals surface area contributed by atoms with Crippen LogP contribution in [0.5, 0.6) is 0 Å². The van der Waals surface area contributed by atoms with Gasteiger partial charge in [-0.05, 0) is 43.7 Å². The van der Waals surface area contributed by atoms with Crippen LogP contribution < -0.4 is 10.5 Å². The van der Waals surface area contributed by atoms with Gasteiger partial charge in [0.05, 0.1) is 15.3 Å². The molecule has 1 aromatic heterocycles. The Morgan fingerprint density at radius 2 is 2.00 bits per heavy atom. The standard InChI is InChI=1S/C13H15ClN2O2S2/c1-8-3-4-10(7-12(8)20(15,17)18)16-9(2)11-5-6-13(14)19-11/h3-7,9,16H,1-2H3,(H2,15,17,18). The van der Waals surface area contributed by atoms with E-state index in [0.29, 0.717) is 11.3 Å². The van der Waals surface area contributed by atoms with Crippen molar-refractivity contribution in [3.05, 3.63) is 45.1 Å². The summed E-state index contributed by atoms with van der Waals surface area (Å²) in [6, 6.07) is 8.93. The first kappa shape index (κ1) is 15.3. The van der Waals surface area contributed by atoms with Gasteiger partial charge in [0.15, 0.2) is 0 Å². The van der Waals surface area contributed by atoms with Crippen LogP contribution in [0.1, 0.15) is 23.4 Å². The lowest BCUT2D eigenvalue weighted by molar-refractivity contribution is 0.597. The van der Waals surface area contributed by atoms with Crippen LogP contribution in [0.3, 0.4) is 0 Å². The van der Waals surface area contributed by atoms with Gasteiger partial charge in [0.25, 0.3) is 0 Å². The van der Waals surface area contributed by atoms with Crippen LogP contribution in [0.2, 0.25) is 4.34 Å². The van der Waals surface area contributed by atoms with Gasteiger partial charge in [0.2, 0.25) is 10.0 Å². The number of benzene rings is 1. The molecule has 20 heavy (non-hydrogen) atoms. The molecule has 1 atom stereocenters. The molecule has 0 saturated heterocycles. The van der Waals surface area contributed by atoms with Crippen molar-refractivity contribution >= 4 is 38.6 Å². The third-order valence-corrected chi connectivity index (χ3v) is 5.37. The summed E-state index contributed by atoms with van der Waals surface area (Å²) in [7, 11) is -3.71. The topological polar surface area (TPSA) is 72.2 Å². The zero-order valence-corrected chi connectivity index (χ0v) is 13.4. The highest BCUT2D eigenvalue weighted by molar-refractivity contribution is 7.89. The first-order valence-electron chi connectivity index (χ1n) is 5.92. The van der Waals surface area contributed by atoms with Crippen LogP contribution in [-0.4, -0.2) is 8.42 Å². The lowest BCUT2D eigenvalue weighted by Gasteiger charge is -2.15. The molecule has 7 heteroatoms. The average molecular weight is 331 g/mol. The van der Waals surface area contributed by atoms with Crippen LogP contribution in [0.25, 0.3) is 0 Å². The van der Waals surface area contributed by atoms with E-state index in [1.165, 1.54) is 11.3 Å². The zero-order chi connectivity index (χ0) is 14.9. The predicted molar refractivity (Wildman–Crippen MR) is 83.9 cm³/mol. The summed E-state index contributed by atoms with van der Waals surface area (Å²) in [4.78, 5) is 1.21. The highest BCUT2D eigenvalue weighted by Gasteiger charge is 2.14. The van der Waals surface area contributed by atoms with E-state index in [2.05, 4.69) is 5.32 Å². The minimum Gasteiger partial charge on any atom is -0.378 e. The van der Waals surface area contributed by atoms with Crippen LogP contribution in [0.15, 0.2) is 35.2 Å². The second kappa shape index (κ2) is 5.73. The molecule has 2 rings (SSSR count). The molecule has 0 aliphatic heterocycles. The summed E-state index contributed by atoms with van der Waals surface area (Å²) < 4.78 is 23.7. The number of aryl methyl sites for hydroxylation is 1. The van der Waals surface area contributed by atoms with Crippen molar-refractivity contribution in [2.75, 3.05) is 5.32 Å². The van der Waals surface area contributed by atoms with E-state index >= 15 is 0 Å². The smallest absolute Gasteiger partial charge is 0.238 e. The second-order valence-corrected chi connectivity index (χ2v) is 7.81. The van der Waals surface area contributed by atoms with Crippen molar-refractivity contribution in [3.8, 4) is 0 Å². The van der Waals surface area contributed by atoms with E-state index < -0.39 is 10.0 Å². The normalized spacial score (nSPS) is 13.2. The molecule has 0 amide bonds. The fraction of sp³-hybridized carbons (Fsp3) is 0.231. The van der Waals surface area contributed by atoms with Gasteiger partial charge in [0.1, 0.15) is 0 Å². The van der Waals surface area contributed by atoms with Gasteiger partial charge in [-0.3, -0.25) is 0 Å². The number of thiophene rings is 1. The Morgan fingerprint density at radius 3 is 2.55 bits per heavy atom. The fourth-order valence-electron chi connectivity index (χ4n) is 1.88. The highest BCUT2D eigenvalue weighted by Crippen LogP contribution is 2.29. The van der Waals surface area contributed by atoms with Crippen molar-refractivity contribution in [1.29, 1.82) is 0 Å². The molecule has 1 aromatic carbocycles. The lowest BCUT2D eigenvalue weighted by Crippen LogP contribution is -2.14. The Bertz CT molecular complexity index is 726. The van der Waals surface area contributed by atoms with Crippen LogP contribution in [0, 0.1) is 6.92 Å². The molecule has 108 valence electrons. The molecule has 0 aliphatic carbocycles. The van der Waals surface area contributed by atoms with Gasteiger partial charge in [-0.1, -0.05) is 17.7 Å². The van der Waals surface area contributed by atoms with E-state index in [1.54, 1.807) is 19.1 Å². The molecule has 1 unspecified atom stereocenters. The van der Waals surface area contributed by atoms with E-state index in [9.17, 15) is 8.42 Å². The Labute approximate surface area is 127 Å². The summed E-state index contributed by atoms with van der Waals surface area (Å²) in [5.41, 5.74) is 1.33. The van der Waals surface area contributed by atoms with Crippen LogP contribution in [-0.2, 0) is 10.0 Å². The summed E-state index contributed by atoms with van der Waals surface area (Å²) in [6.45, 7) is 3.70. The number of nitrogens with one attached hydrogen (secondary N) is 1. The van der Waals surface area contributed by atoms with Crippen molar-refractivity contribution in [3.63, 3.8) is 0 Å². The van der Waals surface area contributed by atoms with Crippen molar-refractivity contribution in [2.24, 2.45) is 5.14 Å². The van der Waals surface area contributed by atoms with Gasteiger partial charge >= 0.3 is 0 Å². The quantitative estimate of drug-likeness (QED) is 0.900. The number of sulfonamides is 1. The van der Waals surface area contributed by atoms with Gasteiger partial charge in [-0.15, -0.1) is 11.3 Å². The number of hydrogen-bond donors (Lipinski definition) is 2. The number of primary sulfonamides is 1. The van der Waals surface area contributed by atoms with E-state index in [4.69, 9.17) is 16.7 Å². The van der Waals surface area contributed by atoms with Crippen molar-refractivity contribution in [2.45, 2.75) is 24.8 Å². The first-order chi connectivity index (χ1) is 9.27. The number of anilines is 1. The SMILES string of the molecule is Cc1ccc(NC(C)c2ccc(Cl)s2)cc1S(N)(=O)=O. The summed E-state index contributed by atoms with van der Waals surface area (Å²) in [5, 5.41) is 8.44. The molecule has 3 N–H and O–H groups in total. The zero-order valence-electron chi connectivity index (χ0n) is 11.1. The maximum atomic E-state index is 11.5. The third kappa shape index (κ3) is 3.52. The second-order valence-electron chi connectivity index (χ2n) is 4.53. The molecular formula is C13H15ClN2O2S2. The van der Waals surface area contributed by atoms with Gasteiger partial charge in [-0.25, -0.2) is 13.6 Å². The van der Waals surface area contributed by atoms with Crippen molar-refractivity contribution < 1.29 is 8.42 Å². The minimum atomic E-state index is -3.71. The van der Waals surface area contributed by atoms with Crippen LogP contribution >= 0.6 is 22.9 Å². The average Bonchev–Trinajstić information content (AvgIpc) is 2.77. The Balaban J connectivity index is 2.26. The Kier molecular flexibility index (Phi) is 4.39. The summed E-state index contributed by atoms with van der Waals surface area (Å²) in [5.74, 6) is 0. The minimum absolute atomic E-state index is 0.0311. The number of halogens is 1.